The van der Waals surface area contributed by atoms with Crippen molar-refractivity contribution in [2.24, 2.45) is 0 Å². The Hall–Kier alpha value is -1.60. The van der Waals surface area contributed by atoms with Crippen molar-refractivity contribution in [3.63, 3.8) is 0 Å². The summed E-state index contributed by atoms with van der Waals surface area (Å²) in [6, 6.07) is 5.89. The number of rotatable bonds is 7. The predicted octanol–water partition coefficient (Wildman–Crippen LogP) is 1.62. The van der Waals surface area contributed by atoms with Crippen molar-refractivity contribution in [1.29, 1.82) is 0 Å². The number of benzene rings is 1. The number of ether oxygens (including phenoxy) is 1. The fourth-order valence-corrected chi connectivity index (χ4v) is 3.36. The molecule has 0 amide bonds. The van der Waals surface area contributed by atoms with Crippen LogP contribution in [0.3, 0.4) is 0 Å². The molecule has 7 heteroatoms. The number of hydrogen-bond acceptors (Lipinski definition) is 4. The second-order valence-electron chi connectivity index (χ2n) is 4.38. The van der Waals surface area contributed by atoms with E-state index in [2.05, 4.69) is 4.72 Å². The van der Waals surface area contributed by atoms with Crippen molar-refractivity contribution in [2.45, 2.75) is 37.1 Å². The van der Waals surface area contributed by atoms with Crippen LogP contribution in [-0.2, 0) is 14.8 Å². The lowest BCUT2D eigenvalue weighted by atomic mass is 9.95. The number of nitrogens with one attached hydrogen (secondary N) is 1. The van der Waals surface area contributed by atoms with Gasteiger partial charge in [-0.25, -0.2) is 8.42 Å². The lowest BCUT2D eigenvalue weighted by Gasteiger charge is -2.27. The normalized spacial score (nSPS) is 12.2. The summed E-state index contributed by atoms with van der Waals surface area (Å²) in [4.78, 5) is 11.3. The van der Waals surface area contributed by atoms with Gasteiger partial charge in [-0.15, -0.1) is 0 Å². The van der Waals surface area contributed by atoms with Crippen molar-refractivity contribution in [3.05, 3.63) is 24.3 Å². The summed E-state index contributed by atoms with van der Waals surface area (Å²) in [5, 5.41) is 9.28. The molecule has 0 unspecified atom stereocenters. The molecule has 0 aliphatic carbocycles. The minimum atomic E-state index is -3.93. The van der Waals surface area contributed by atoms with Crippen molar-refractivity contribution in [1.82, 2.24) is 4.72 Å². The molecule has 1 aromatic carbocycles. The van der Waals surface area contributed by atoms with Crippen LogP contribution >= 0.6 is 0 Å². The van der Waals surface area contributed by atoms with Gasteiger partial charge in [-0.3, -0.25) is 4.79 Å². The van der Waals surface area contributed by atoms with Gasteiger partial charge in [0.25, 0.3) is 0 Å². The average molecular weight is 301 g/mol. The van der Waals surface area contributed by atoms with Crippen molar-refractivity contribution in [2.75, 3.05) is 7.11 Å². The minimum Gasteiger partial charge on any atom is -0.497 e. The molecule has 1 rings (SSSR count). The Bertz CT molecular complexity index is 578. The molecule has 112 valence electrons. The molecule has 0 aliphatic heterocycles. The topological polar surface area (TPSA) is 92.7 Å². The highest BCUT2D eigenvalue weighted by molar-refractivity contribution is 7.89. The van der Waals surface area contributed by atoms with Gasteiger partial charge in [-0.05, 0) is 25.0 Å². The lowest BCUT2D eigenvalue weighted by molar-refractivity contribution is -0.144. The van der Waals surface area contributed by atoms with E-state index in [-0.39, 0.29) is 17.7 Å². The molecule has 0 heterocycles. The summed E-state index contributed by atoms with van der Waals surface area (Å²) in [7, 11) is -2.50. The zero-order valence-corrected chi connectivity index (χ0v) is 12.5. The molecule has 0 aromatic heterocycles. The van der Waals surface area contributed by atoms with Crippen LogP contribution in [0.4, 0.5) is 0 Å². The third kappa shape index (κ3) is 3.29. The van der Waals surface area contributed by atoms with Gasteiger partial charge in [0.2, 0.25) is 10.0 Å². The van der Waals surface area contributed by atoms with Crippen LogP contribution in [-0.4, -0.2) is 32.1 Å². The first-order chi connectivity index (χ1) is 9.31. The second-order valence-corrected chi connectivity index (χ2v) is 6.06. The highest BCUT2D eigenvalue weighted by Gasteiger charge is 2.39. The Labute approximate surface area is 118 Å². The van der Waals surface area contributed by atoms with E-state index in [0.29, 0.717) is 5.75 Å². The van der Waals surface area contributed by atoms with E-state index in [1.807, 2.05) is 0 Å². The first kappa shape index (κ1) is 16.5. The molecule has 6 nitrogen and oxygen atoms in total. The second kappa shape index (κ2) is 6.23. The van der Waals surface area contributed by atoms with E-state index >= 15 is 0 Å². The highest BCUT2D eigenvalue weighted by atomic mass is 32.2. The Kier molecular flexibility index (Phi) is 5.13. The Morgan fingerprint density at radius 1 is 1.35 bits per heavy atom. The summed E-state index contributed by atoms with van der Waals surface area (Å²) in [6.45, 7) is 3.26. The summed E-state index contributed by atoms with van der Waals surface area (Å²) >= 11 is 0. The molecular weight excluding hydrogens is 282 g/mol. The van der Waals surface area contributed by atoms with Gasteiger partial charge in [0.15, 0.2) is 0 Å². The number of sulfonamides is 1. The number of aliphatic carboxylic acids is 1. The molecule has 0 atom stereocenters. The molecule has 0 radical (unpaired) electrons. The van der Waals surface area contributed by atoms with Gasteiger partial charge in [0, 0.05) is 6.07 Å². The van der Waals surface area contributed by atoms with E-state index in [4.69, 9.17) is 4.74 Å². The number of carbonyl (C=O) groups is 1. The summed E-state index contributed by atoms with van der Waals surface area (Å²) in [5.74, 6) is -0.796. The maximum absolute atomic E-state index is 12.3. The Morgan fingerprint density at radius 3 is 2.40 bits per heavy atom. The van der Waals surface area contributed by atoms with Gasteiger partial charge >= 0.3 is 5.97 Å². The van der Waals surface area contributed by atoms with Crippen LogP contribution < -0.4 is 9.46 Å². The van der Waals surface area contributed by atoms with Crippen LogP contribution in [0.25, 0.3) is 0 Å². The molecule has 0 saturated heterocycles. The summed E-state index contributed by atoms with van der Waals surface area (Å²) in [6.07, 6.45) is 0.310. The number of methoxy groups -OCH3 is 1. The highest BCUT2D eigenvalue weighted by Crippen LogP contribution is 2.22. The van der Waals surface area contributed by atoms with Gasteiger partial charge in [-0.1, -0.05) is 19.9 Å². The molecule has 0 bridgehead atoms. The zero-order chi connectivity index (χ0) is 15.4. The summed E-state index contributed by atoms with van der Waals surface area (Å²) < 4.78 is 31.9. The molecule has 20 heavy (non-hydrogen) atoms. The fraction of sp³-hybridized carbons (Fsp3) is 0.462. The first-order valence-electron chi connectivity index (χ1n) is 6.22. The average Bonchev–Trinajstić information content (AvgIpc) is 2.44. The molecule has 0 fully saturated rings. The molecule has 1 aromatic rings. The number of carboxylic acids is 1. The monoisotopic (exact) mass is 301 g/mol. The van der Waals surface area contributed by atoms with Gasteiger partial charge < -0.3 is 9.84 Å². The fourth-order valence-electron chi connectivity index (χ4n) is 1.82. The van der Waals surface area contributed by atoms with Crippen LogP contribution in [0.5, 0.6) is 5.75 Å². The van der Waals surface area contributed by atoms with Crippen molar-refractivity contribution in [3.8, 4) is 5.75 Å². The van der Waals surface area contributed by atoms with E-state index in [9.17, 15) is 18.3 Å². The Balaban J connectivity index is 3.19. The number of hydrogen-bond donors (Lipinski definition) is 2. The van der Waals surface area contributed by atoms with Crippen LogP contribution in [0, 0.1) is 0 Å². The standard InChI is InChI=1S/C13H19NO5S/c1-4-13(5-2,12(15)16)14-20(17,18)11-8-6-7-10(9-11)19-3/h6-9,14H,4-5H2,1-3H3,(H,15,16). The van der Waals surface area contributed by atoms with Gasteiger partial charge in [-0.2, -0.15) is 4.72 Å². The lowest BCUT2D eigenvalue weighted by Crippen LogP contribution is -2.53. The Morgan fingerprint density at radius 2 is 1.95 bits per heavy atom. The quantitative estimate of drug-likeness (QED) is 0.798. The predicted molar refractivity (Wildman–Crippen MR) is 74.3 cm³/mol. The molecule has 0 spiro atoms. The molecule has 2 N–H and O–H groups in total. The van der Waals surface area contributed by atoms with Crippen LogP contribution in [0.15, 0.2) is 29.2 Å². The maximum Gasteiger partial charge on any atom is 0.324 e. The van der Waals surface area contributed by atoms with Crippen LogP contribution in [0.1, 0.15) is 26.7 Å². The van der Waals surface area contributed by atoms with Crippen molar-refractivity contribution < 1.29 is 23.1 Å². The van der Waals surface area contributed by atoms with E-state index in [1.165, 1.54) is 25.3 Å². The van der Waals surface area contributed by atoms with Crippen LogP contribution in [0.2, 0.25) is 0 Å². The first-order valence-corrected chi connectivity index (χ1v) is 7.71. The smallest absolute Gasteiger partial charge is 0.324 e. The third-order valence-corrected chi connectivity index (χ3v) is 4.83. The van der Waals surface area contributed by atoms with E-state index < -0.39 is 21.5 Å². The van der Waals surface area contributed by atoms with Gasteiger partial charge in [0.1, 0.15) is 11.3 Å². The largest absolute Gasteiger partial charge is 0.497 e. The zero-order valence-electron chi connectivity index (χ0n) is 11.7. The maximum atomic E-state index is 12.3. The molecule has 0 aliphatic rings. The third-order valence-electron chi connectivity index (χ3n) is 3.30. The van der Waals surface area contributed by atoms with E-state index in [0.717, 1.165) is 0 Å². The SMILES string of the molecule is CCC(CC)(NS(=O)(=O)c1cccc(OC)c1)C(=O)O. The van der Waals surface area contributed by atoms with Crippen molar-refractivity contribution >= 4 is 16.0 Å². The van der Waals surface area contributed by atoms with Gasteiger partial charge in [0.05, 0.1) is 12.0 Å². The molecule has 0 saturated carbocycles. The summed E-state index contributed by atoms with van der Waals surface area (Å²) in [5.41, 5.74) is -1.50. The van der Waals surface area contributed by atoms with E-state index in [1.54, 1.807) is 19.9 Å². The minimum absolute atomic E-state index is 0.0237. The number of carboxylic acid groups (broad SMARTS) is 1. The molecular formula is C13H19NO5S.